The molecule has 0 fully saturated rings. The van der Waals surface area contributed by atoms with Gasteiger partial charge in [0.15, 0.2) is 0 Å². The van der Waals surface area contributed by atoms with Gasteiger partial charge in [0.25, 0.3) is 0 Å². The largest absolute Gasteiger partial charge is 0.311 e. The minimum Gasteiger partial charge on any atom is -0.311 e. The predicted octanol–water partition coefficient (Wildman–Crippen LogP) is 27.8. The van der Waals surface area contributed by atoms with Gasteiger partial charge in [-0.3, -0.25) is 0 Å². The Hall–Kier alpha value is -14.0. The van der Waals surface area contributed by atoms with Crippen LogP contribution in [0.4, 0.5) is 51.2 Å². The average Bonchev–Trinajstić information content (AvgIpc) is 1.59. The first-order valence-corrected chi connectivity index (χ1v) is 35.9. The van der Waals surface area contributed by atoms with Crippen LogP contribution in [0, 0.1) is 0 Å². The first-order valence-electron chi connectivity index (χ1n) is 35.9. The number of fused-ring (bicyclic) bond motifs is 7. The van der Waals surface area contributed by atoms with Crippen LogP contribution in [-0.4, -0.2) is 9.13 Å². The Kier molecular flexibility index (Phi) is 15.9. The number of para-hydroxylation sites is 6. The standard InChI is InChI=1S/C100H69N5/c1-5-27-81(28-6-1)101(86-58-46-73(47-59-86)79-52-64-99-94(68-79)92-37-15-17-39-97(92)104(99)83-31-9-3-10-32-83)85-54-42-70(43-55-85)71-44-56-87(57-45-71)102(82-29-7-2-8-30-82)90-35-20-26-78(67-90)77-25-19-24-76(66-77)72-48-60-88(61-49-72)103(96-41-21-23-75-22-13-14-36-91(75)96)89-62-50-74(51-63-89)80-53-65-100-95(69-80)93-38-16-18-40-98(93)105(100)84-33-11-4-12-34-84/h1-69H. The molecule has 0 radical (unpaired) electrons. The van der Waals surface area contributed by atoms with Crippen molar-refractivity contribution in [3.8, 4) is 67.0 Å². The van der Waals surface area contributed by atoms with Crippen LogP contribution in [0.1, 0.15) is 0 Å². The summed E-state index contributed by atoms with van der Waals surface area (Å²) in [5, 5.41) is 7.35. The Morgan fingerprint density at radius 3 is 0.895 bits per heavy atom. The SMILES string of the molecule is c1ccc(N(c2ccc(-c3ccc(N(c4ccccc4)c4cccc(-c5cccc(-c6ccc(N(c7ccc(-c8ccc9c(c8)c8ccccc8n9-c8ccccc8)cc7)c7cccc8ccccc78)cc6)c5)c4)cc3)cc2)c2ccc(-c3ccc4c(c3)c3ccccc3n4-c3ccccc3)cc2)cc1. The van der Waals surface area contributed by atoms with Gasteiger partial charge in [-0.05, 0) is 231 Å². The highest BCUT2D eigenvalue weighted by Gasteiger charge is 2.21. The molecule has 5 heteroatoms. The van der Waals surface area contributed by atoms with E-state index in [4.69, 9.17) is 0 Å². The quantitative estimate of drug-likeness (QED) is 0.0961. The van der Waals surface area contributed by atoms with Crippen molar-refractivity contribution in [3.63, 3.8) is 0 Å². The minimum atomic E-state index is 1.07. The van der Waals surface area contributed by atoms with Crippen LogP contribution in [0.2, 0.25) is 0 Å². The van der Waals surface area contributed by atoms with Gasteiger partial charge in [0.1, 0.15) is 0 Å². The lowest BCUT2D eigenvalue weighted by Crippen LogP contribution is -2.10. The number of benzene rings is 17. The van der Waals surface area contributed by atoms with Crippen molar-refractivity contribution >= 4 is 106 Å². The summed E-state index contributed by atoms with van der Waals surface area (Å²) in [6.45, 7) is 0. The monoisotopic (exact) mass is 1340 g/mol. The lowest BCUT2D eigenvalue weighted by molar-refractivity contribution is 1.18. The summed E-state index contributed by atoms with van der Waals surface area (Å²) in [6.07, 6.45) is 0. The Bertz CT molecular complexity index is 6340. The van der Waals surface area contributed by atoms with Crippen molar-refractivity contribution in [3.05, 3.63) is 419 Å². The van der Waals surface area contributed by atoms with E-state index < -0.39 is 0 Å². The van der Waals surface area contributed by atoms with Gasteiger partial charge < -0.3 is 23.8 Å². The molecule has 19 rings (SSSR count). The molecule has 2 heterocycles. The van der Waals surface area contributed by atoms with Crippen molar-refractivity contribution in [2.75, 3.05) is 14.7 Å². The molecule has 0 atom stereocenters. The van der Waals surface area contributed by atoms with Gasteiger partial charge in [0.05, 0.1) is 27.8 Å². The molecule has 0 unspecified atom stereocenters. The van der Waals surface area contributed by atoms with E-state index in [2.05, 4.69) is 442 Å². The van der Waals surface area contributed by atoms with Crippen molar-refractivity contribution in [1.29, 1.82) is 0 Å². The van der Waals surface area contributed by atoms with E-state index in [9.17, 15) is 0 Å². The molecule has 0 aliphatic heterocycles. The van der Waals surface area contributed by atoms with Crippen molar-refractivity contribution in [1.82, 2.24) is 9.13 Å². The zero-order valence-electron chi connectivity index (χ0n) is 57.6. The molecule has 0 saturated heterocycles. The third-order valence-electron chi connectivity index (χ3n) is 20.7. The van der Waals surface area contributed by atoms with Crippen LogP contribution >= 0.6 is 0 Å². The first-order chi connectivity index (χ1) is 52.1. The second-order valence-corrected chi connectivity index (χ2v) is 26.9. The van der Waals surface area contributed by atoms with Gasteiger partial charge in [0.2, 0.25) is 0 Å². The summed E-state index contributed by atoms with van der Waals surface area (Å²) in [5.74, 6) is 0. The zero-order valence-corrected chi connectivity index (χ0v) is 57.6. The smallest absolute Gasteiger partial charge is 0.0541 e. The molecule has 19 aromatic rings. The number of hydrogen-bond donors (Lipinski definition) is 0. The van der Waals surface area contributed by atoms with Gasteiger partial charge in [0, 0.05) is 83.8 Å². The van der Waals surface area contributed by atoms with E-state index in [1.54, 1.807) is 0 Å². The third kappa shape index (κ3) is 11.6. The van der Waals surface area contributed by atoms with Crippen LogP contribution in [-0.2, 0) is 0 Å². The fourth-order valence-corrected chi connectivity index (χ4v) is 15.6. The second-order valence-electron chi connectivity index (χ2n) is 26.9. The van der Waals surface area contributed by atoms with Crippen LogP contribution < -0.4 is 14.7 Å². The third-order valence-corrected chi connectivity index (χ3v) is 20.7. The second kappa shape index (κ2) is 26.8. The molecule has 17 aromatic carbocycles. The molecule has 2 aromatic heterocycles. The van der Waals surface area contributed by atoms with Crippen LogP contribution in [0.25, 0.3) is 121 Å². The number of rotatable bonds is 16. The zero-order chi connectivity index (χ0) is 69.6. The van der Waals surface area contributed by atoms with E-state index in [-0.39, 0.29) is 0 Å². The van der Waals surface area contributed by atoms with Crippen molar-refractivity contribution in [2.24, 2.45) is 0 Å². The molecule has 0 amide bonds. The summed E-state index contributed by atoms with van der Waals surface area (Å²) in [4.78, 5) is 7.09. The maximum absolute atomic E-state index is 2.40. The molecule has 0 saturated carbocycles. The van der Waals surface area contributed by atoms with Gasteiger partial charge in [-0.1, -0.05) is 249 Å². The summed E-state index contributed by atoms with van der Waals surface area (Å²) in [6, 6.07) is 152. The molecule has 0 N–H and O–H groups in total. The van der Waals surface area contributed by atoms with Crippen molar-refractivity contribution < 1.29 is 0 Å². The molecule has 0 aliphatic rings. The highest BCUT2D eigenvalue weighted by atomic mass is 15.2. The molecule has 494 valence electrons. The van der Waals surface area contributed by atoms with Crippen LogP contribution in [0.15, 0.2) is 419 Å². The first kappa shape index (κ1) is 62.0. The number of aromatic nitrogens is 2. The van der Waals surface area contributed by atoms with Gasteiger partial charge in [-0.2, -0.15) is 0 Å². The molecular weight excluding hydrogens is 1270 g/mol. The van der Waals surface area contributed by atoms with Gasteiger partial charge in [-0.25, -0.2) is 0 Å². The number of nitrogens with zero attached hydrogens (tertiary/aromatic N) is 5. The Morgan fingerprint density at radius 1 is 0.152 bits per heavy atom. The molecule has 0 spiro atoms. The van der Waals surface area contributed by atoms with E-state index in [0.29, 0.717) is 0 Å². The predicted molar refractivity (Wildman–Crippen MR) is 444 cm³/mol. The minimum absolute atomic E-state index is 1.07. The summed E-state index contributed by atoms with van der Waals surface area (Å²) in [5.41, 5.74) is 28.4. The molecule has 5 nitrogen and oxygen atoms in total. The fraction of sp³-hybridized carbons (Fsp3) is 0. The number of anilines is 9. The lowest BCUT2D eigenvalue weighted by atomic mass is 9.98. The highest BCUT2D eigenvalue weighted by molar-refractivity contribution is 6.12. The summed E-state index contributed by atoms with van der Waals surface area (Å²) in [7, 11) is 0. The Morgan fingerprint density at radius 2 is 0.438 bits per heavy atom. The molecule has 105 heavy (non-hydrogen) atoms. The van der Waals surface area contributed by atoms with Gasteiger partial charge >= 0.3 is 0 Å². The topological polar surface area (TPSA) is 19.6 Å². The summed E-state index contributed by atoms with van der Waals surface area (Å²) < 4.78 is 4.74. The lowest BCUT2D eigenvalue weighted by Gasteiger charge is -2.27. The summed E-state index contributed by atoms with van der Waals surface area (Å²) >= 11 is 0. The molecule has 0 aliphatic carbocycles. The van der Waals surface area contributed by atoms with E-state index in [1.807, 2.05) is 0 Å². The van der Waals surface area contributed by atoms with E-state index in [1.165, 1.54) is 71.1 Å². The van der Waals surface area contributed by atoms with E-state index >= 15 is 0 Å². The molecular formula is C100H69N5. The maximum atomic E-state index is 2.40. The normalized spacial score (nSPS) is 11.4. The van der Waals surface area contributed by atoms with Crippen molar-refractivity contribution in [2.45, 2.75) is 0 Å². The average molecular weight is 1340 g/mol. The Labute approximate surface area is 611 Å². The van der Waals surface area contributed by atoms with E-state index in [0.717, 1.165) is 102 Å². The highest BCUT2D eigenvalue weighted by Crippen LogP contribution is 2.45. The van der Waals surface area contributed by atoms with Crippen LogP contribution in [0.3, 0.4) is 0 Å². The maximum Gasteiger partial charge on any atom is 0.0541 e. The van der Waals surface area contributed by atoms with Crippen LogP contribution in [0.5, 0.6) is 0 Å². The van der Waals surface area contributed by atoms with Gasteiger partial charge in [-0.15, -0.1) is 0 Å². The molecule has 0 bridgehead atoms. The number of hydrogen-bond acceptors (Lipinski definition) is 3. The Balaban J connectivity index is 0.585. The fourth-order valence-electron chi connectivity index (χ4n) is 15.6.